The van der Waals surface area contributed by atoms with Gasteiger partial charge in [0.2, 0.25) is 25.0 Å². The van der Waals surface area contributed by atoms with Crippen LogP contribution in [0.1, 0.15) is 0 Å². The molecule has 0 unspecified atom stereocenters. The minimum absolute atomic E-state index is 0.333. The van der Waals surface area contributed by atoms with E-state index in [4.69, 9.17) is 13.3 Å². The van der Waals surface area contributed by atoms with E-state index in [1.165, 1.54) is 18.2 Å². The Morgan fingerprint density at radius 1 is 0.609 bits per heavy atom. The summed E-state index contributed by atoms with van der Waals surface area (Å²) < 4.78 is 16.6. The average Bonchev–Trinajstić information content (AvgIpc) is 2.18. The molecule has 0 bridgehead atoms. The Morgan fingerprint density at radius 2 is 1.00 bits per heavy atom. The van der Waals surface area contributed by atoms with Gasteiger partial charge in [0, 0.05) is 6.08 Å². The van der Waals surface area contributed by atoms with E-state index in [1.54, 1.807) is 0 Å². The topological polar surface area (TPSA) is 61.8 Å². The first-order valence-corrected chi connectivity index (χ1v) is 17.8. The van der Waals surface area contributed by atoms with Gasteiger partial charge in [-0.05, 0) is 65.0 Å². The van der Waals surface area contributed by atoms with E-state index in [2.05, 4.69) is 0 Å². The lowest BCUT2D eigenvalue weighted by atomic mass is 10.4. The van der Waals surface area contributed by atoms with E-state index in [0.29, 0.717) is 5.76 Å². The molecule has 0 aromatic heterocycles. The molecule has 0 radical (unpaired) electrons. The molecule has 23 heavy (non-hydrogen) atoms. The molecule has 0 aliphatic heterocycles. The van der Waals surface area contributed by atoms with Crippen LogP contribution in [0, 0.1) is 0 Å². The van der Waals surface area contributed by atoms with Gasteiger partial charge >= 0.3 is 11.9 Å². The normalized spacial score (nSPS) is 13.9. The van der Waals surface area contributed by atoms with Crippen LogP contribution >= 0.6 is 0 Å². The molecule has 0 N–H and O–H groups in total. The summed E-state index contributed by atoms with van der Waals surface area (Å²) in [5.41, 5.74) is 0. The number of hydrogen-bond acceptors (Lipinski definition) is 5. The van der Waals surface area contributed by atoms with Crippen molar-refractivity contribution in [1.29, 1.82) is 0 Å². The maximum atomic E-state index is 12.0. The summed E-state index contributed by atoms with van der Waals surface area (Å²) in [4.78, 5) is 23.7. The molecule has 0 aliphatic rings. The largest absolute Gasteiger partial charge is 0.544 e. The third-order valence-electron chi connectivity index (χ3n) is 1.88. The molecule has 132 valence electrons. The second-order valence-corrected chi connectivity index (χ2v) is 21.4. The molecule has 5 nitrogen and oxygen atoms in total. The molecule has 0 amide bonds. The molecule has 0 rings (SSSR count). The molecule has 0 atom stereocenters. The summed E-state index contributed by atoms with van der Waals surface area (Å²) in [6.45, 7) is 17.6. The van der Waals surface area contributed by atoms with Crippen molar-refractivity contribution in [3.05, 3.63) is 24.0 Å². The molecule has 0 saturated carbocycles. The Bertz CT molecular complexity index is 491. The summed E-state index contributed by atoms with van der Waals surface area (Å²) in [6.07, 6.45) is 4.08. The van der Waals surface area contributed by atoms with E-state index in [0.717, 1.165) is 0 Å². The number of carbonyl (C=O) groups excluding carboxylic acids is 2. The van der Waals surface area contributed by atoms with Crippen LogP contribution in [-0.4, -0.2) is 36.9 Å². The monoisotopic (exact) mass is 374 g/mol. The van der Waals surface area contributed by atoms with Crippen LogP contribution in [0.2, 0.25) is 58.9 Å². The van der Waals surface area contributed by atoms with Gasteiger partial charge in [-0.3, -0.25) is 0 Å². The highest BCUT2D eigenvalue weighted by atomic mass is 28.4. The predicted molar refractivity (Wildman–Crippen MR) is 101 cm³/mol. The first kappa shape index (κ1) is 21.9. The van der Waals surface area contributed by atoms with Gasteiger partial charge in [0.15, 0.2) is 0 Å². The molecule has 0 spiro atoms. The van der Waals surface area contributed by atoms with Crippen molar-refractivity contribution >= 4 is 36.9 Å². The highest BCUT2D eigenvalue weighted by Gasteiger charge is 2.22. The Kier molecular flexibility index (Phi) is 7.71. The molecule has 0 aromatic carbocycles. The first-order valence-electron chi connectivity index (χ1n) is 7.62. The van der Waals surface area contributed by atoms with Crippen molar-refractivity contribution in [3.8, 4) is 0 Å². The van der Waals surface area contributed by atoms with E-state index >= 15 is 0 Å². The Hall–Kier alpha value is -1.13. The number of allylic oxidation sites excluding steroid dienone is 1. The van der Waals surface area contributed by atoms with Crippen LogP contribution in [0.5, 0.6) is 0 Å². The standard InChI is InChI=1S/C15H30O5Si3/c1-21(2,3)18-13(12-15(17)20-23(7,8)9)10-11-14(16)19-22(4,5)6/h10-12H,1-9H3/b11-10+,13-12-. The zero-order valence-corrected chi connectivity index (χ0v) is 18.8. The van der Waals surface area contributed by atoms with Crippen molar-refractivity contribution in [3.63, 3.8) is 0 Å². The van der Waals surface area contributed by atoms with Crippen LogP contribution in [0.4, 0.5) is 0 Å². The van der Waals surface area contributed by atoms with Gasteiger partial charge in [-0.2, -0.15) is 0 Å². The quantitative estimate of drug-likeness (QED) is 0.291. The highest BCUT2D eigenvalue weighted by molar-refractivity contribution is 6.72. The minimum Gasteiger partial charge on any atom is -0.544 e. The van der Waals surface area contributed by atoms with Crippen molar-refractivity contribution < 1.29 is 22.9 Å². The van der Waals surface area contributed by atoms with Crippen LogP contribution < -0.4 is 0 Å². The van der Waals surface area contributed by atoms with Crippen LogP contribution in [0.15, 0.2) is 24.0 Å². The van der Waals surface area contributed by atoms with E-state index < -0.39 is 36.9 Å². The van der Waals surface area contributed by atoms with Gasteiger partial charge in [0.25, 0.3) is 0 Å². The number of rotatable bonds is 7. The third-order valence-corrected chi connectivity index (χ3v) is 4.36. The van der Waals surface area contributed by atoms with Gasteiger partial charge in [0.05, 0.1) is 6.08 Å². The fourth-order valence-corrected chi connectivity index (χ4v) is 3.57. The molecular weight excluding hydrogens is 344 g/mol. The van der Waals surface area contributed by atoms with Crippen LogP contribution in [-0.2, 0) is 22.9 Å². The van der Waals surface area contributed by atoms with Gasteiger partial charge in [-0.15, -0.1) is 0 Å². The Balaban J connectivity index is 5.16. The summed E-state index contributed by atoms with van der Waals surface area (Å²) in [5, 5.41) is 0. The number of carbonyl (C=O) groups is 2. The van der Waals surface area contributed by atoms with Gasteiger partial charge in [0.1, 0.15) is 5.76 Å². The smallest absolute Gasteiger partial charge is 0.321 e. The van der Waals surface area contributed by atoms with Crippen LogP contribution in [0.25, 0.3) is 0 Å². The lowest BCUT2D eigenvalue weighted by Crippen LogP contribution is -2.29. The predicted octanol–water partition coefficient (Wildman–Crippen LogP) is 4.03. The van der Waals surface area contributed by atoms with Gasteiger partial charge < -0.3 is 13.3 Å². The molecule has 0 aliphatic carbocycles. The van der Waals surface area contributed by atoms with Crippen LogP contribution in [0.3, 0.4) is 0 Å². The molecule has 0 saturated heterocycles. The second kappa shape index (κ2) is 8.11. The molecule has 8 heteroatoms. The maximum Gasteiger partial charge on any atom is 0.321 e. The lowest BCUT2D eigenvalue weighted by Gasteiger charge is -2.21. The van der Waals surface area contributed by atoms with E-state index in [-0.39, 0.29) is 0 Å². The third kappa shape index (κ3) is 14.2. The number of hydrogen-bond donors (Lipinski definition) is 0. The minimum atomic E-state index is -1.97. The van der Waals surface area contributed by atoms with Gasteiger partial charge in [-0.25, -0.2) is 9.59 Å². The molecule has 0 heterocycles. The van der Waals surface area contributed by atoms with Crippen molar-refractivity contribution in [2.45, 2.75) is 58.9 Å². The second-order valence-electron chi connectivity index (χ2n) is 8.16. The lowest BCUT2D eigenvalue weighted by molar-refractivity contribution is -0.130. The SMILES string of the molecule is C[Si](C)(C)OC(=O)/C=C(/C=C/C(=O)O[Si](C)(C)C)O[Si](C)(C)C. The van der Waals surface area contributed by atoms with Crippen molar-refractivity contribution in [2.24, 2.45) is 0 Å². The fraction of sp³-hybridized carbons (Fsp3) is 0.600. The summed E-state index contributed by atoms with van der Waals surface area (Å²) in [5.74, 6) is -0.534. The summed E-state index contributed by atoms with van der Waals surface area (Å²) >= 11 is 0. The Labute approximate surface area is 143 Å². The molecule has 0 fully saturated rings. The van der Waals surface area contributed by atoms with Gasteiger partial charge in [-0.1, -0.05) is 0 Å². The zero-order chi connectivity index (χ0) is 18.5. The van der Waals surface area contributed by atoms with E-state index in [1.807, 2.05) is 58.9 Å². The van der Waals surface area contributed by atoms with E-state index in [9.17, 15) is 9.59 Å². The maximum absolute atomic E-state index is 12.0. The Morgan fingerprint density at radius 3 is 1.39 bits per heavy atom. The summed E-state index contributed by atoms with van der Waals surface area (Å²) in [7, 11) is -5.84. The molecular formula is C15H30O5Si3. The zero-order valence-electron chi connectivity index (χ0n) is 15.8. The fourth-order valence-electron chi connectivity index (χ4n) is 1.40. The molecule has 0 aromatic rings. The van der Waals surface area contributed by atoms with Crippen molar-refractivity contribution in [2.75, 3.05) is 0 Å². The highest BCUT2D eigenvalue weighted by Crippen LogP contribution is 2.14. The van der Waals surface area contributed by atoms with Crippen molar-refractivity contribution in [1.82, 2.24) is 0 Å². The average molecular weight is 375 g/mol. The first-order chi connectivity index (χ1) is 10.1. The summed E-state index contributed by atoms with van der Waals surface area (Å²) in [6, 6.07) is 0.